The van der Waals surface area contributed by atoms with Crippen molar-refractivity contribution >= 4 is 0 Å². The van der Waals surface area contributed by atoms with Crippen molar-refractivity contribution in [2.24, 2.45) is 0 Å². The molecular formula is C9H14O2. The first-order valence-electron chi connectivity index (χ1n) is 3.18. The molecule has 2 N–H and O–H groups in total. The molecule has 0 aromatic carbocycles. The van der Waals surface area contributed by atoms with Gasteiger partial charge in [0, 0.05) is 0 Å². The molecule has 0 aromatic rings. The highest BCUT2D eigenvalue weighted by molar-refractivity contribution is 5.00. The fraction of sp³-hybridized carbons (Fsp3) is 0.556. The van der Waals surface area contributed by atoms with Gasteiger partial charge in [-0.05, 0) is 20.8 Å². The van der Waals surface area contributed by atoms with Crippen LogP contribution in [0.4, 0.5) is 0 Å². The Hall–Kier alpha value is -0.960. The van der Waals surface area contributed by atoms with Gasteiger partial charge in [0.2, 0.25) is 0 Å². The fourth-order valence-electron chi connectivity index (χ4n) is 0. The molecule has 1 unspecified atom stereocenters. The lowest BCUT2D eigenvalue weighted by molar-refractivity contribution is 0.144. The van der Waals surface area contributed by atoms with Crippen molar-refractivity contribution in [3.63, 3.8) is 0 Å². The quantitative estimate of drug-likeness (QED) is 0.495. The molecule has 0 fully saturated rings. The Morgan fingerprint density at radius 1 is 1.36 bits per heavy atom. The zero-order valence-corrected chi connectivity index (χ0v) is 7.13. The van der Waals surface area contributed by atoms with Crippen molar-refractivity contribution in [3.8, 4) is 24.7 Å². The van der Waals surface area contributed by atoms with Gasteiger partial charge in [-0.1, -0.05) is 11.8 Å². The molecule has 1 atom stereocenters. The van der Waals surface area contributed by atoms with Gasteiger partial charge in [0.1, 0.15) is 11.7 Å². The number of aliphatic hydroxyl groups is 2. The summed E-state index contributed by atoms with van der Waals surface area (Å²) in [6.45, 7) is 4.67. The summed E-state index contributed by atoms with van der Waals surface area (Å²) in [6.07, 6.45) is 8.89. The predicted octanol–water partition coefficient (Wildman–Crippen LogP) is 0.391. The van der Waals surface area contributed by atoms with E-state index in [1.54, 1.807) is 20.8 Å². The maximum Gasteiger partial charge on any atom is 0.119 e. The van der Waals surface area contributed by atoms with E-state index in [2.05, 4.69) is 18.3 Å². The molecule has 0 aliphatic rings. The lowest BCUT2D eigenvalue weighted by atomic mass is 10.2. The van der Waals surface area contributed by atoms with Crippen molar-refractivity contribution in [1.82, 2.24) is 0 Å². The summed E-state index contributed by atoms with van der Waals surface area (Å²) < 4.78 is 0. The number of aliphatic hydroxyl groups excluding tert-OH is 1. The molecule has 0 aromatic heterocycles. The molecule has 2 nitrogen and oxygen atoms in total. The molecule has 62 valence electrons. The third-order valence-corrected chi connectivity index (χ3v) is 0.594. The molecule has 0 heterocycles. The zero-order chi connectivity index (χ0) is 9.49. The van der Waals surface area contributed by atoms with Crippen molar-refractivity contribution in [2.75, 3.05) is 0 Å². The standard InChI is InChI=1S/C5H8O.C4H6O/c1-4-5(2,3)6;1-3-4(2)5/h1,6H,2-3H3;1,4-5H,2H3. The van der Waals surface area contributed by atoms with E-state index in [0.29, 0.717) is 0 Å². The summed E-state index contributed by atoms with van der Waals surface area (Å²) in [5.74, 6) is 4.24. The lowest BCUT2D eigenvalue weighted by Gasteiger charge is -2.04. The van der Waals surface area contributed by atoms with Gasteiger partial charge in [0.15, 0.2) is 0 Å². The van der Waals surface area contributed by atoms with Crippen molar-refractivity contribution in [2.45, 2.75) is 32.5 Å². The Kier molecular flexibility index (Phi) is 6.69. The van der Waals surface area contributed by atoms with Crippen molar-refractivity contribution in [3.05, 3.63) is 0 Å². The van der Waals surface area contributed by atoms with E-state index in [1.807, 2.05) is 0 Å². The van der Waals surface area contributed by atoms with Gasteiger partial charge < -0.3 is 10.2 Å². The largest absolute Gasteiger partial charge is 0.381 e. The maximum absolute atomic E-state index is 8.59. The van der Waals surface area contributed by atoms with Crippen LogP contribution in [0, 0.1) is 24.7 Å². The van der Waals surface area contributed by atoms with E-state index >= 15 is 0 Å². The fourth-order valence-corrected chi connectivity index (χ4v) is 0. The maximum atomic E-state index is 8.59. The zero-order valence-electron chi connectivity index (χ0n) is 7.13. The normalized spacial score (nSPS) is 11.5. The molecule has 0 aliphatic carbocycles. The minimum atomic E-state index is -0.931. The van der Waals surface area contributed by atoms with E-state index in [9.17, 15) is 0 Å². The summed E-state index contributed by atoms with van der Waals surface area (Å²) >= 11 is 0. The lowest BCUT2D eigenvalue weighted by Crippen LogP contribution is -2.13. The highest BCUT2D eigenvalue weighted by Crippen LogP contribution is 1.93. The monoisotopic (exact) mass is 154 g/mol. The second-order valence-corrected chi connectivity index (χ2v) is 2.55. The summed E-state index contributed by atoms with van der Waals surface area (Å²) in [5, 5.41) is 16.7. The first-order valence-corrected chi connectivity index (χ1v) is 3.18. The number of rotatable bonds is 0. The molecule has 0 amide bonds. The van der Waals surface area contributed by atoms with Crippen LogP contribution in [0.25, 0.3) is 0 Å². The van der Waals surface area contributed by atoms with Gasteiger partial charge in [0.05, 0.1) is 0 Å². The van der Waals surface area contributed by atoms with Crippen LogP contribution < -0.4 is 0 Å². The third-order valence-electron chi connectivity index (χ3n) is 0.594. The summed E-state index contributed by atoms with van der Waals surface area (Å²) in [6, 6.07) is 0. The molecule has 11 heavy (non-hydrogen) atoms. The average molecular weight is 154 g/mol. The van der Waals surface area contributed by atoms with Crippen LogP contribution in [-0.4, -0.2) is 21.9 Å². The first-order chi connectivity index (χ1) is 4.83. The van der Waals surface area contributed by atoms with Crippen LogP contribution in [0.15, 0.2) is 0 Å². The van der Waals surface area contributed by atoms with Crippen LogP contribution in [0.5, 0.6) is 0 Å². The predicted molar refractivity (Wildman–Crippen MR) is 45.6 cm³/mol. The van der Waals surface area contributed by atoms with E-state index < -0.39 is 11.7 Å². The van der Waals surface area contributed by atoms with Gasteiger partial charge in [-0.15, -0.1) is 12.8 Å². The van der Waals surface area contributed by atoms with Gasteiger partial charge in [-0.2, -0.15) is 0 Å². The number of hydrogen-bond donors (Lipinski definition) is 2. The third kappa shape index (κ3) is 27.5. The van der Waals surface area contributed by atoms with Crippen LogP contribution in [0.3, 0.4) is 0 Å². The summed E-state index contributed by atoms with van der Waals surface area (Å²) in [5.41, 5.74) is -0.931. The summed E-state index contributed by atoms with van der Waals surface area (Å²) in [7, 11) is 0. The topological polar surface area (TPSA) is 40.5 Å². The number of hydrogen-bond acceptors (Lipinski definition) is 2. The Labute approximate surface area is 68.3 Å². The molecule has 0 saturated heterocycles. The van der Waals surface area contributed by atoms with Crippen LogP contribution in [0.1, 0.15) is 20.8 Å². The second kappa shape index (κ2) is 5.80. The molecule has 0 aliphatic heterocycles. The first kappa shape index (κ1) is 12.7. The van der Waals surface area contributed by atoms with Gasteiger partial charge in [0.25, 0.3) is 0 Å². The van der Waals surface area contributed by atoms with Crippen LogP contribution in [-0.2, 0) is 0 Å². The van der Waals surface area contributed by atoms with Gasteiger partial charge in [-0.3, -0.25) is 0 Å². The minimum absolute atomic E-state index is 0.588. The minimum Gasteiger partial charge on any atom is -0.381 e. The van der Waals surface area contributed by atoms with Crippen molar-refractivity contribution < 1.29 is 10.2 Å². The van der Waals surface area contributed by atoms with Crippen molar-refractivity contribution in [1.29, 1.82) is 0 Å². The van der Waals surface area contributed by atoms with Crippen LogP contribution >= 0.6 is 0 Å². The Balaban J connectivity index is 0. The van der Waals surface area contributed by atoms with E-state index in [0.717, 1.165) is 0 Å². The van der Waals surface area contributed by atoms with Gasteiger partial charge in [-0.25, -0.2) is 0 Å². The second-order valence-electron chi connectivity index (χ2n) is 2.55. The van der Waals surface area contributed by atoms with E-state index in [1.165, 1.54) is 0 Å². The highest BCUT2D eigenvalue weighted by atomic mass is 16.3. The molecule has 0 rings (SSSR count). The Bertz CT molecular complexity index is 161. The molecule has 0 radical (unpaired) electrons. The van der Waals surface area contributed by atoms with Crippen LogP contribution in [0.2, 0.25) is 0 Å². The number of terminal acetylenes is 2. The molecule has 0 spiro atoms. The SMILES string of the molecule is C#CC(C)(C)O.C#CC(C)O. The molecule has 0 saturated carbocycles. The molecule has 2 heteroatoms. The van der Waals surface area contributed by atoms with Gasteiger partial charge >= 0.3 is 0 Å². The average Bonchev–Trinajstić information content (AvgIpc) is 1.88. The highest BCUT2D eigenvalue weighted by Gasteiger charge is 2.03. The van der Waals surface area contributed by atoms with E-state index in [-0.39, 0.29) is 0 Å². The Morgan fingerprint density at radius 2 is 1.55 bits per heavy atom. The molecule has 0 bridgehead atoms. The van der Waals surface area contributed by atoms with E-state index in [4.69, 9.17) is 16.6 Å². The Morgan fingerprint density at radius 3 is 1.55 bits per heavy atom. The summed E-state index contributed by atoms with van der Waals surface area (Å²) in [4.78, 5) is 0. The smallest absolute Gasteiger partial charge is 0.119 e. The molecular weight excluding hydrogens is 140 g/mol.